The highest BCUT2D eigenvalue weighted by Gasteiger charge is 2.47. The second kappa shape index (κ2) is 5.95. The topological polar surface area (TPSA) is 59.1 Å². The first kappa shape index (κ1) is 15.7. The molecule has 6 nitrogen and oxygen atoms in total. The first-order valence-electron chi connectivity index (χ1n) is 8.53. The molecule has 24 heavy (non-hydrogen) atoms. The number of carbonyl (C=O) groups is 2. The van der Waals surface area contributed by atoms with E-state index in [1.54, 1.807) is 0 Å². The van der Waals surface area contributed by atoms with Crippen molar-refractivity contribution in [3.63, 3.8) is 0 Å². The molecule has 1 atom stereocenters. The van der Waals surface area contributed by atoms with Crippen LogP contribution in [0, 0.1) is 6.92 Å². The average molecular weight is 330 g/mol. The van der Waals surface area contributed by atoms with Crippen molar-refractivity contribution >= 4 is 17.5 Å². The van der Waals surface area contributed by atoms with Crippen LogP contribution in [-0.4, -0.2) is 54.8 Å². The Labute approximate surface area is 141 Å². The lowest BCUT2D eigenvalue weighted by molar-refractivity contribution is -0.188. The van der Waals surface area contributed by atoms with E-state index in [2.05, 4.69) is 4.90 Å². The van der Waals surface area contributed by atoms with Crippen LogP contribution in [-0.2, 0) is 19.1 Å². The van der Waals surface area contributed by atoms with E-state index in [9.17, 15) is 9.59 Å². The Balaban J connectivity index is 1.48. The number of amides is 2. The summed E-state index contributed by atoms with van der Waals surface area (Å²) in [5.41, 5.74) is 1.70. The van der Waals surface area contributed by atoms with Crippen molar-refractivity contribution in [2.75, 3.05) is 31.2 Å². The van der Waals surface area contributed by atoms with Gasteiger partial charge < -0.3 is 9.47 Å². The zero-order chi connectivity index (χ0) is 16.7. The van der Waals surface area contributed by atoms with Gasteiger partial charge in [-0.15, -0.1) is 0 Å². The molecule has 3 aliphatic heterocycles. The highest BCUT2D eigenvalue weighted by atomic mass is 16.7. The minimum absolute atomic E-state index is 0.116. The second-order valence-corrected chi connectivity index (χ2v) is 6.77. The van der Waals surface area contributed by atoms with Crippen molar-refractivity contribution in [1.82, 2.24) is 4.90 Å². The van der Waals surface area contributed by atoms with E-state index >= 15 is 0 Å². The van der Waals surface area contributed by atoms with E-state index < -0.39 is 5.79 Å². The molecule has 3 fully saturated rings. The van der Waals surface area contributed by atoms with Gasteiger partial charge in [-0.3, -0.25) is 14.5 Å². The van der Waals surface area contributed by atoms with Gasteiger partial charge in [0.15, 0.2) is 5.79 Å². The predicted octanol–water partition coefficient (Wildman–Crippen LogP) is 1.47. The van der Waals surface area contributed by atoms with Crippen molar-refractivity contribution in [1.29, 1.82) is 0 Å². The Bertz CT molecular complexity index is 659. The van der Waals surface area contributed by atoms with Crippen LogP contribution in [0.3, 0.4) is 0 Å². The smallest absolute Gasteiger partial charge is 0.251 e. The number of anilines is 1. The molecule has 0 aromatic heterocycles. The van der Waals surface area contributed by atoms with Crippen molar-refractivity contribution in [2.45, 2.75) is 38.0 Å². The molecule has 0 aliphatic carbocycles. The SMILES string of the molecule is Cc1cccc(N2C(=O)CC(N3CCC4(CC3)OCCO4)C2=O)c1. The van der Waals surface area contributed by atoms with E-state index in [1.807, 2.05) is 31.2 Å². The summed E-state index contributed by atoms with van der Waals surface area (Å²) < 4.78 is 11.5. The molecule has 1 unspecified atom stereocenters. The number of nitrogens with zero attached hydrogens (tertiary/aromatic N) is 2. The van der Waals surface area contributed by atoms with E-state index in [4.69, 9.17) is 9.47 Å². The van der Waals surface area contributed by atoms with Gasteiger partial charge in [-0.2, -0.15) is 0 Å². The number of piperidine rings is 1. The van der Waals surface area contributed by atoms with Crippen LogP contribution in [0.25, 0.3) is 0 Å². The molecule has 1 spiro atoms. The number of rotatable bonds is 2. The van der Waals surface area contributed by atoms with E-state index in [0.717, 1.165) is 18.4 Å². The third kappa shape index (κ3) is 2.64. The number of likely N-dealkylation sites (tertiary alicyclic amines) is 1. The summed E-state index contributed by atoms with van der Waals surface area (Å²) in [4.78, 5) is 28.7. The minimum Gasteiger partial charge on any atom is -0.347 e. The Morgan fingerprint density at radius 1 is 1.12 bits per heavy atom. The molecule has 0 saturated carbocycles. The van der Waals surface area contributed by atoms with Crippen molar-refractivity contribution in [3.05, 3.63) is 29.8 Å². The van der Waals surface area contributed by atoms with Crippen LogP contribution in [0.1, 0.15) is 24.8 Å². The maximum Gasteiger partial charge on any atom is 0.251 e. The summed E-state index contributed by atoms with van der Waals surface area (Å²) in [5.74, 6) is -0.697. The summed E-state index contributed by atoms with van der Waals surface area (Å²) in [6.07, 6.45) is 1.74. The first-order chi connectivity index (χ1) is 11.6. The summed E-state index contributed by atoms with van der Waals surface area (Å²) in [7, 11) is 0. The molecule has 0 radical (unpaired) electrons. The lowest BCUT2D eigenvalue weighted by atomic mass is 10.0. The third-order valence-electron chi connectivity index (χ3n) is 5.20. The number of benzene rings is 1. The highest BCUT2D eigenvalue weighted by Crippen LogP contribution is 2.34. The van der Waals surface area contributed by atoms with Crippen LogP contribution in [0.15, 0.2) is 24.3 Å². The van der Waals surface area contributed by atoms with Crippen molar-refractivity contribution in [3.8, 4) is 0 Å². The maximum atomic E-state index is 12.8. The molecule has 3 aliphatic rings. The number of hydrogen-bond acceptors (Lipinski definition) is 5. The van der Waals surface area contributed by atoms with Crippen LogP contribution < -0.4 is 4.90 Å². The number of hydrogen-bond donors (Lipinski definition) is 0. The third-order valence-corrected chi connectivity index (χ3v) is 5.20. The van der Waals surface area contributed by atoms with Gasteiger partial charge in [0.2, 0.25) is 5.91 Å². The van der Waals surface area contributed by atoms with Gasteiger partial charge >= 0.3 is 0 Å². The van der Waals surface area contributed by atoms with Crippen LogP contribution >= 0.6 is 0 Å². The molecular weight excluding hydrogens is 308 g/mol. The van der Waals surface area contributed by atoms with Crippen LogP contribution in [0.2, 0.25) is 0 Å². The molecule has 1 aromatic carbocycles. The zero-order valence-corrected chi connectivity index (χ0v) is 13.9. The zero-order valence-electron chi connectivity index (χ0n) is 13.9. The Kier molecular flexibility index (Phi) is 3.90. The molecule has 3 saturated heterocycles. The average Bonchev–Trinajstić information content (AvgIpc) is 3.13. The van der Waals surface area contributed by atoms with Gasteiger partial charge in [0.25, 0.3) is 5.91 Å². The Hall–Kier alpha value is -1.76. The van der Waals surface area contributed by atoms with Gasteiger partial charge in [0, 0.05) is 25.9 Å². The van der Waals surface area contributed by atoms with E-state index in [-0.39, 0.29) is 24.3 Å². The van der Waals surface area contributed by atoms with Gasteiger partial charge in [-0.25, -0.2) is 4.90 Å². The largest absolute Gasteiger partial charge is 0.347 e. The Morgan fingerprint density at radius 3 is 2.50 bits per heavy atom. The standard InChI is InChI=1S/C18H22N2O4/c1-13-3-2-4-14(11-13)20-16(21)12-15(17(20)22)19-7-5-18(6-8-19)23-9-10-24-18/h2-4,11,15H,5-10,12H2,1H3. The van der Waals surface area contributed by atoms with Crippen molar-refractivity contribution < 1.29 is 19.1 Å². The fraction of sp³-hybridized carbons (Fsp3) is 0.556. The van der Waals surface area contributed by atoms with Gasteiger partial charge in [-0.05, 0) is 24.6 Å². The lowest BCUT2D eigenvalue weighted by Crippen LogP contribution is -2.51. The molecule has 128 valence electrons. The summed E-state index contributed by atoms with van der Waals surface area (Å²) >= 11 is 0. The van der Waals surface area contributed by atoms with Crippen LogP contribution in [0.5, 0.6) is 0 Å². The van der Waals surface area contributed by atoms with E-state index in [0.29, 0.717) is 32.0 Å². The monoisotopic (exact) mass is 330 g/mol. The Morgan fingerprint density at radius 2 is 1.83 bits per heavy atom. The number of aryl methyl sites for hydroxylation is 1. The number of imide groups is 1. The molecule has 2 amide bonds. The van der Waals surface area contributed by atoms with Crippen molar-refractivity contribution in [2.24, 2.45) is 0 Å². The first-order valence-corrected chi connectivity index (χ1v) is 8.53. The maximum absolute atomic E-state index is 12.8. The molecule has 6 heteroatoms. The summed E-state index contributed by atoms with van der Waals surface area (Å²) in [6, 6.07) is 7.16. The summed E-state index contributed by atoms with van der Waals surface area (Å²) in [6.45, 7) is 4.67. The number of carbonyl (C=O) groups excluding carboxylic acids is 2. The minimum atomic E-state index is -0.460. The van der Waals surface area contributed by atoms with E-state index in [1.165, 1.54) is 4.90 Å². The fourth-order valence-electron chi connectivity index (χ4n) is 3.90. The van der Waals surface area contributed by atoms with Gasteiger partial charge in [0.05, 0.1) is 31.4 Å². The van der Waals surface area contributed by atoms with Crippen LogP contribution in [0.4, 0.5) is 5.69 Å². The lowest BCUT2D eigenvalue weighted by Gasteiger charge is -2.39. The molecule has 4 rings (SSSR count). The molecule has 3 heterocycles. The number of ether oxygens (including phenoxy) is 2. The van der Waals surface area contributed by atoms with Gasteiger partial charge in [0.1, 0.15) is 0 Å². The molecular formula is C18H22N2O4. The normalized spacial score (nSPS) is 27.4. The summed E-state index contributed by atoms with van der Waals surface area (Å²) in [5, 5.41) is 0. The second-order valence-electron chi connectivity index (χ2n) is 6.77. The molecule has 1 aromatic rings. The highest BCUT2D eigenvalue weighted by molar-refractivity contribution is 6.22. The fourth-order valence-corrected chi connectivity index (χ4v) is 3.90. The van der Waals surface area contributed by atoms with Gasteiger partial charge in [-0.1, -0.05) is 12.1 Å². The molecule has 0 N–H and O–H groups in total. The quantitative estimate of drug-likeness (QED) is 0.769. The molecule has 0 bridgehead atoms. The predicted molar refractivity (Wildman–Crippen MR) is 87.5 cm³/mol.